The van der Waals surface area contributed by atoms with Crippen LogP contribution in [0.3, 0.4) is 0 Å². The molecule has 0 aliphatic carbocycles. The number of methoxy groups -OCH3 is 1. The summed E-state index contributed by atoms with van der Waals surface area (Å²) in [5.41, 5.74) is 1.95. The van der Waals surface area contributed by atoms with Crippen molar-refractivity contribution in [2.24, 2.45) is 0 Å². The highest BCUT2D eigenvalue weighted by atomic mass is 32.1. The van der Waals surface area contributed by atoms with Gasteiger partial charge in [-0.2, -0.15) is 0 Å². The van der Waals surface area contributed by atoms with Gasteiger partial charge < -0.3 is 24.8 Å². The van der Waals surface area contributed by atoms with Gasteiger partial charge in [0.2, 0.25) is 0 Å². The molecule has 1 heterocycles. The molecule has 0 aliphatic heterocycles. The van der Waals surface area contributed by atoms with Gasteiger partial charge in [0.05, 0.1) is 30.2 Å². The first-order chi connectivity index (χ1) is 22.8. The van der Waals surface area contributed by atoms with Crippen LogP contribution in [0.25, 0.3) is 0 Å². The molecule has 0 spiro atoms. The second-order valence-electron chi connectivity index (χ2n) is 11.0. The number of Topliss-reactive ketones (excluding diaryl/α,β-unsaturated/α-hetero) is 1. The number of unbranched alkanes of at least 4 members (excludes halogenated alkanes) is 4. The fourth-order valence-electron chi connectivity index (χ4n) is 4.74. The number of ether oxygens (including phenoxy) is 3. The average Bonchev–Trinajstić information content (AvgIpc) is 3.63. The summed E-state index contributed by atoms with van der Waals surface area (Å²) in [7, 11) is 1.46. The van der Waals surface area contributed by atoms with Gasteiger partial charge in [0.15, 0.2) is 17.3 Å². The number of rotatable bonds is 17. The highest BCUT2D eigenvalue weighted by Crippen LogP contribution is 2.30. The van der Waals surface area contributed by atoms with Crippen LogP contribution in [0.5, 0.6) is 17.2 Å². The molecule has 2 N–H and O–H groups in total. The average molecular weight is 657 g/mol. The van der Waals surface area contributed by atoms with Crippen molar-refractivity contribution in [2.75, 3.05) is 19.0 Å². The molecule has 0 saturated carbocycles. The fraction of sp³-hybridized carbons (Fsp3) is 0.297. The molecule has 246 valence electrons. The minimum absolute atomic E-state index is 0.195. The van der Waals surface area contributed by atoms with Crippen molar-refractivity contribution in [3.05, 3.63) is 106 Å². The minimum Gasteiger partial charge on any atom is -0.494 e. The van der Waals surface area contributed by atoms with Crippen LogP contribution in [0.1, 0.15) is 81.9 Å². The summed E-state index contributed by atoms with van der Waals surface area (Å²) in [5, 5.41) is 7.40. The molecular formula is C37H40N2O7S. The summed E-state index contributed by atoms with van der Waals surface area (Å²) in [6, 6.07) is 20.9. The number of hydrogen-bond donors (Lipinski definition) is 2. The van der Waals surface area contributed by atoms with Crippen LogP contribution in [-0.4, -0.2) is 43.3 Å². The molecular weight excluding hydrogens is 616 g/mol. The van der Waals surface area contributed by atoms with E-state index < -0.39 is 17.9 Å². The minimum atomic E-state index is -0.809. The Hall–Kier alpha value is -4.96. The van der Waals surface area contributed by atoms with Crippen LogP contribution in [0.15, 0.2) is 84.2 Å². The first-order valence-corrected chi connectivity index (χ1v) is 16.5. The van der Waals surface area contributed by atoms with E-state index in [1.165, 1.54) is 44.6 Å². The summed E-state index contributed by atoms with van der Waals surface area (Å²) in [6.07, 6.45) is 5.97. The number of nitrogens with one attached hydrogen (secondary N) is 2. The van der Waals surface area contributed by atoms with Crippen molar-refractivity contribution in [1.29, 1.82) is 0 Å². The molecule has 10 heteroatoms. The van der Waals surface area contributed by atoms with Crippen LogP contribution in [0.2, 0.25) is 0 Å². The monoisotopic (exact) mass is 656 g/mol. The quantitative estimate of drug-likeness (QED) is 0.0686. The van der Waals surface area contributed by atoms with E-state index in [0.29, 0.717) is 45.4 Å². The van der Waals surface area contributed by atoms with Gasteiger partial charge in [0, 0.05) is 11.3 Å². The fourth-order valence-corrected chi connectivity index (χ4v) is 5.36. The first kappa shape index (κ1) is 34.9. The van der Waals surface area contributed by atoms with E-state index in [4.69, 9.17) is 14.2 Å². The topological polar surface area (TPSA) is 120 Å². The predicted octanol–water partition coefficient (Wildman–Crippen LogP) is 7.51. The first-order valence-electron chi connectivity index (χ1n) is 15.7. The van der Waals surface area contributed by atoms with E-state index in [1.54, 1.807) is 78.9 Å². The smallest absolute Gasteiger partial charge is 0.343 e. The number of amides is 2. The maximum atomic E-state index is 13.0. The molecule has 1 unspecified atom stereocenters. The number of thiophene rings is 1. The zero-order chi connectivity index (χ0) is 33.6. The molecule has 4 aromatic rings. The van der Waals surface area contributed by atoms with Gasteiger partial charge in [-0.05, 0) is 97.4 Å². The number of esters is 1. The van der Waals surface area contributed by atoms with Crippen molar-refractivity contribution in [3.63, 3.8) is 0 Å². The van der Waals surface area contributed by atoms with Crippen molar-refractivity contribution < 1.29 is 33.4 Å². The molecule has 0 radical (unpaired) electrons. The lowest BCUT2D eigenvalue weighted by molar-refractivity contribution is -0.118. The Morgan fingerprint density at radius 3 is 2.19 bits per heavy atom. The highest BCUT2D eigenvalue weighted by Gasteiger charge is 2.21. The summed E-state index contributed by atoms with van der Waals surface area (Å²) in [4.78, 5) is 51.2. The number of benzene rings is 3. The van der Waals surface area contributed by atoms with Gasteiger partial charge in [-0.15, -0.1) is 11.3 Å². The lowest BCUT2D eigenvalue weighted by atomic mass is 10.0. The molecule has 47 heavy (non-hydrogen) atoms. The second-order valence-corrected chi connectivity index (χ2v) is 12.0. The van der Waals surface area contributed by atoms with Gasteiger partial charge in [0.1, 0.15) is 5.75 Å². The summed E-state index contributed by atoms with van der Waals surface area (Å²) in [6.45, 7) is 4.23. The molecule has 2 amide bonds. The van der Waals surface area contributed by atoms with Crippen LogP contribution < -0.4 is 24.8 Å². The zero-order valence-electron chi connectivity index (χ0n) is 26.9. The predicted molar refractivity (Wildman–Crippen MR) is 183 cm³/mol. The van der Waals surface area contributed by atoms with E-state index in [9.17, 15) is 19.2 Å². The Bertz CT molecular complexity index is 1630. The van der Waals surface area contributed by atoms with Gasteiger partial charge in [-0.3, -0.25) is 14.4 Å². The Morgan fingerprint density at radius 1 is 0.809 bits per heavy atom. The highest BCUT2D eigenvalue weighted by molar-refractivity contribution is 7.12. The third-order valence-electron chi connectivity index (χ3n) is 7.42. The molecule has 0 fully saturated rings. The van der Waals surface area contributed by atoms with E-state index in [-0.39, 0.29) is 23.9 Å². The number of anilines is 1. The van der Waals surface area contributed by atoms with Crippen molar-refractivity contribution in [3.8, 4) is 17.2 Å². The van der Waals surface area contributed by atoms with E-state index >= 15 is 0 Å². The lowest BCUT2D eigenvalue weighted by Crippen LogP contribution is -2.41. The van der Waals surface area contributed by atoms with Gasteiger partial charge in [-0.1, -0.05) is 44.7 Å². The van der Waals surface area contributed by atoms with Crippen LogP contribution >= 0.6 is 11.3 Å². The Morgan fingerprint density at radius 2 is 1.53 bits per heavy atom. The van der Waals surface area contributed by atoms with Crippen LogP contribution in [-0.2, 0) is 11.2 Å². The van der Waals surface area contributed by atoms with Crippen molar-refractivity contribution in [1.82, 2.24) is 5.32 Å². The molecule has 3 aromatic carbocycles. The van der Waals surface area contributed by atoms with E-state index in [0.717, 1.165) is 12.8 Å². The summed E-state index contributed by atoms with van der Waals surface area (Å²) < 4.78 is 16.9. The second kappa shape index (κ2) is 17.7. The number of ketones is 1. The molecule has 4 rings (SSSR count). The summed E-state index contributed by atoms with van der Waals surface area (Å²) in [5.74, 6) is -0.197. The molecule has 0 bridgehead atoms. The SMILES string of the molecule is CCCCCCCOc1ccc(C(=O)Oc2ccc(CC(NC(=O)c3ccc(NC(=O)c4cccs4)cc3)C(C)=O)cc2OC)cc1. The molecule has 9 nitrogen and oxygen atoms in total. The largest absolute Gasteiger partial charge is 0.494 e. The molecule has 0 saturated heterocycles. The Labute approximate surface area is 279 Å². The van der Waals surface area contributed by atoms with Crippen LogP contribution in [0.4, 0.5) is 5.69 Å². The van der Waals surface area contributed by atoms with Gasteiger partial charge in [-0.25, -0.2) is 4.79 Å². The maximum Gasteiger partial charge on any atom is 0.343 e. The van der Waals surface area contributed by atoms with Gasteiger partial charge in [0.25, 0.3) is 11.8 Å². The van der Waals surface area contributed by atoms with Crippen molar-refractivity contribution >= 4 is 40.6 Å². The standard InChI is InChI=1S/C37H40N2O7S/c1-4-5-6-7-8-21-45-30-18-14-28(15-19-30)37(43)46-32-20-11-26(24-33(32)44-3)23-31(25(2)40)39-35(41)27-12-16-29(17-13-27)38-36(42)34-10-9-22-47-34/h9-20,22,24,31H,4-8,21,23H2,1-3H3,(H,38,42)(H,39,41). The molecule has 1 aromatic heterocycles. The number of hydrogen-bond acceptors (Lipinski definition) is 8. The van der Waals surface area contributed by atoms with E-state index in [2.05, 4.69) is 17.6 Å². The van der Waals surface area contributed by atoms with Crippen LogP contribution in [0, 0.1) is 0 Å². The van der Waals surface area contributed by atoms with E-state index in [1.807, 2.05) is 5.38 Å². The zero-order valence-corrected chi connectivity index (χ0v) is 27.7. The summed E-state index contributed by atoms with van der Waals surface area (Å²) >= 11 is 1.34. The number of carbonyl (C=O) groups is 4. The molecule has 1 atom stereocenters. The third-order valence-corrected chi connectivity index (χ3v) is 8.29. The van der Waals surface area contributed by atoms with Crippen molar-refractivity contribution in [2.45, 2.75) is 58.4 Å². The number of carbonyl (C=O) groups excluding carboxylic acids is 4. The Kier molecular flexibility index (Phi) is 13.1. The maximum absolute atomic E-state index is 13.0. The van der Waals surface area contributed by atoms with Gasteiger partial charge >= 0.3 is 5.97 Å². The lowest BCUT2D eigenvalue weighted by Gasteiger charge is -2.17. The molecule has 0 aliphatic rings. The third kappa shape index (κ3) is 10.5. The Balaban J connectivity index is 1.32. The normalized spacial score (nSPS) is 11.3.